The second-order valence-corrected chi connectivity index (χ2v) is 8.24. The fourth-order valence-corrected chi connectivity index (χ4v) is 3.94. The molecule has 35 heavy (non-hydrogen) atoms. The molecule has 2 aliphatic rings. The molecule has 2 fully saturated rings. The summed E-state index contributed by atoms with van der Waals surface area (Å²) in [6.07, 6.45) is -9.13. The number of carboxylic acid groups (broad SMARTS) is 1. The van der Waals surface area contributed by atoms with Crippen LogP contribution in [-0.2, 0) is 10.9 Å². The SMILES string of the molecule is O=C(O)c1ccc(N2CCN(C[C@H]3OC[C@H](Oc4cccc(C(F)(F)F)n4)[C@@H](O)[C@H]3O)CC2)nn1. The van der Waals surface area contributed by atoms with E-state index in [0.717, 1.165) is 12.1 Å². The summed E-state index contributed by atoms with van der Waals surface area (Å²) in [5.41, 5.74) is -1.26. The molecule has 14 heteroatoms. The summed E-state index contributed by atoms with van der Waals surface area (Å²) in [6, 6.07) is 6.17. The van der Waals surface area contributed by atoms with Gasteiger partial charge in [0.2, 0.25) is 5.88 Å². The van der Waals surface area contributed by atoms with Crippen LogP contribution in [0.2, 0.25) is 0 Å². The number of piperazine rings is 1. The number of halogens is 3. The Balaban J connectivity index is 1.28. The number of alkyl halides is 3. The number of aliphatic hydroxyl groups excluding tert-OH is 2. The molecule has 0 saturated carbocycles. The first-order valence-electron chi connectivity index (χ1n) is 10.8. The zero-order valence-electron chi connectivity index (χ0n) is 18.4. The smallest absolute Gasteiger partial charge is 0.433 e. The van der Waals surface area contributed by atoms with Gasteiger partial charge in [0.25, 0.3) is 0 Å². The highest BCUT2D eigenvalue weighted by molar-refractivity contribution is 5.85. The van der Waals surface area contributed by atoms with Crippen molar-refractivity contribution in [3.8, 4) is 5.88 Å². The van der Waals surface area contributed by atoms with Gasteiger partial charge in [-0.15, -0.1) is 10.2 Å². The highest BCUT2D eigenvalue weighted by Gasteiger charge is 2.41. The van der Waals surface area contributed by atoms with E-state index in [9.17, 15) is 28.2 Å². The van der Waals surface area contributed by atoms with Crippen LogP contribution in [-0.4, -0.2) is 105 Å². The molecule has 190 valence electrons. The van der Waals surface area contributed by atoms with Crippen LogP contribution < -0.4 is 9.64 Å². The van der Waals surface area contributed by atoms with Crippen LogP contribution in [0.3, 0.4) is 0 Å². The van der Waals surface area contributed by atoms with E-state index >= 15 is 0 Å². The molecule has 0 radical (unpaired) electrons. The van der Waals surface area contributed by atoms with Gasteiger partial charge in [0.05, 0.1) is 12.7 Å². The van der Waals surface area contributed by atoms with Crippen molar-refractivity contribution in [3.05, 3.63) is 41.7 Å². The van der Waals surface area contributed by atoms with Crippen molar-refractivity contribution in [3.63, 3.8) is 0 Å². The van der Waals surface area contributed by atoms with Gasteiger partial charge in [0.15, 0.2) is 17.6 Å². The van der Waals surface area contributed by atoms with Crippen molar-refractivity contribution >= 4 is 11.8 Å². The first-order chi connectivity index (χ1) is 16.6. The minimum absolute atomic E-state index is 0.133. The topological polar surface area (TPSA) is 141 Å². The van der Waals surface area contributed by atoms with Gasteiger partial charge >= 0.3 is 12.1 Å². The molecule has 4 atom stereocenters. The molecule has 0 aliphatic carbocycles. The van der Waals surface area contributed by atoms with Gasteiger partial charge in [0.1, 0.15) is 17.9 Å². The fraction of sp³-hybridized carbons (Fsp3) is 0.524. The van der Waals surface area contributed by atoms with Crippen LogP contribution in [0, 0.1) is 0 Å². The summed E-state index contributed by atoms with van der Waals surface area (Å²) in [7, 11) is 0. The van der Waals surface area contributed by atoms with Gasteiger partial charge in [-0.1, -0.05) is 6.07 Å². The maximum absolute atomic E-state index is 12.9. The van der Waals surface area contributed by atoms with Crippen LogP contribution in [0.1, 0.15) is 16.2 Å². The van der Waals surface area contributed by atoms with Crippen molar-refractivity contribution in [1.29, 1.82) is 0 Å². The lowest BCUT2D eigenvalue weighted by Gasteiger charge is -2.41. The number of carboxylic acids is 1. The summed E-state index contributed by atoms with van der Waals surface area (Å²) in [4.78, 5) is 18.3. The first kappa shape index (κ1) is 25.0. The number of anilines is 1. The lowest BCUT2D eigenvalue weighted by atomic mass is 9.99. The van der Waals surface area contributed by atoms with Gasteiger partial charge < -0.3 is 29.7 Å². The third-order valence-corrected chi connectivity index (χ3v) is 5.88. The molecule has 0 bridgehead atoms. The van der Waals surface area contributed by atoms with Crippen molar-refractivity contribution < 1.29 is 42.8 Å². The van der Waals surface area contributed by atoms with E-state index in [4.69, 9.17) is 14.6 Å². The second-order valence-electron chi connectivity index (χ2n) is 8.24. The van der Waals surface area contributed by atoms with E-state index in [0.29, 0.717) is 38.5 Å². The van der Waals surface area contributed by atoms with Crippen molar-refractivity contribution in [2.75, 3.05) is 44.2 Å². The summed E-state index contributed by atoms with van der Waals surface area (Å²) >= 11 is 0. The van der Waals surface area contributed by atoms with Gasteiger partial charge in [-0.25, -0.2) is 9.78 Å². The molecule has 11 nitrogen and oxygen atoms in total. The first-order valence-corrected chi connectivity index (χ1v) is 10.8. The predicted molar refractivity (Wildman–Crippen MR) is 113 cm³/mol. The number of aliphatic hydroxyl groups is 2. The number of pyridine rings is 1. The van der Waals surface area contributed by atoms with Crippen molar-refractivity contribution in [1.82, 2.24) is 20.1 Å². The van der Waals surface area contributed by atoms with Crippen LogP contribution in [0.4, 0.5) is 19.0 Å². The second kappa shape index (κ2) is 10.3. The van der Waals surface area contributed by atoms with Crippen LogP contribution in [0.5, 0.6) is 5.88 Å². The fourth-order valence-electron chi connectivity index (χ4n) is 3.94. The molecular formula is C21H24F3N5O6. The maximum Gasteiger partial charge on any atom is 0.433 e. The van der Waals surface area contributed by atoms with Crippen LogP contribution >= 0.6 is 0 Å². The summed E-state index contributed by atoms with van der Waals surface area (Å²) < 4.78 is 49.6. The monoisotopic (exact) mass is 499 g/mol. The zero-order chi connectivity index (χ0) is 25.2. The summed E-state index contributed by atoms with van der Waals surface area (Å²) in [5, 5.41) is 37.6. The average molecular weight is 499 g/mol. The van der Waals surface area contributed by atoms with Crippen molar-refractivity contribution in [2.45, 2.75) is 30.6 Å². The van der Waals surface area contributed by atoms with Crippen LogP contribution in [0.15, 0.2) is 30.3 Å². The number of rotatable bonds is 6. The molecule has 3 N–H and O–H groups in total. The van der Waals surface area contributed by atoms with Crippen LogP contribution in [0.25, 0.3) is 0 Å². The Morgan fingerprint density at radius 2 is 1.83 bits per heavy atom. The Bertz CT molecular complexity index is 1020. The summed E-state index contributed by atoms with van der Waals surface area (Å²) in [6.45, 7) is 2.55. The van der Waals surface area contributed by atoms with E-state index in [-0.39, 0.29) is 18.2 Å². The Hall–Kier alpha value is -3.07. The van der Waals surface area contributed by atoms with Gasteiger partial charge in [0, 0.05) is 38.8 Å². The predicted octanol–water partition coefficient (Wildman–Crippen LogP) is 0.279. The standard InChI is InChI=1S/C21H24F3N5O6/c22-21(23,24)15-2-1-3-17(25-15)35-14-11-34-13(18(30)19(14)31)10-28-6-8-29(9-7-28)16-5-4-12(20(32)33)26-27-16/h1-5,13-14,18-19,30-31H,6-11H2,(H,32,33)/t13-,14+,18+,19-/m1/s1. The Kier molecular flexibility index (Phi) is 7.35. The molecule has 0 aromatic carbocycles. The minimum atomic E-state index is -4.63. The number of nitrogens with zero attached hydrogens (tertiary/aromatic N) is 5. The number of hydrogen-bond donors (Lipinski definition) is 3. The molecule has 0 amide bonds. The molecule has 4 heterocycles. The van der Waals surface area contributed by atoms with Crippen molar-refractivity contribution in [2.24, 2.45) is 0 Å². The molecule has 2 aromatic rings. The lowest BCUT2D eigenvalue weighted by Crippen LogP contribution is -2.59. The number of ether oxygens (including phenoxy) is 2. The molecule has 2 aromatic heterocycles. The zero-order valence-corrected chi connectivity index (χ0v) is 18.4. The van der Waals surface area contributed by atoms with E-state index in [2.05, 4.69) is 15.2 Å². The number of aromatic carboxylic acids is 1. The number of hydrogen-bond acceptors (Lipinski definition) is 10. The molecule has 0 unspecified atom stereocenters. The van der Waals surface area contributed by atoms with E-state index in [1.54, 1.807) is 6.07 Å². The largest absolute Gasteiger partial charge is 0.476 e. The third kappa shape index (κ3) is 5.96. The van der Waals surface area contributed by atoms with Gasteiger partial charge in [-0.3, -0.25) is 4.90 Å². The Morgan fingerprint density at radius 1 is 1.09 bits per heavy atom. The highest BCUT2D eigenvalue weighted by atomic mass is 19.4. The number of aromatic nitrogens is 3. The van der Waals surface area contributed by atoms with E-state index in [1.165, 1.54) is 12.1 Å². The molecular weight excluding hydrogens is 475 g/mol. The molecule has 4 rings (SSSR count). The third-order valence-electron chi connectivity index (χ3n) is 5.88. The Morgan fingerprint density at radius 3 is 2.46 bits per heavy atom. The molecule has 2 aliphatic heterocycles. The average Bonchev–Trinajstić information content (AvgIpc) is 2.84. The Labute approximate surface area is 197 Å². The highest BCUT2D eigenvalue weighted by Crippen LogP contribution is 2.29. The van der Waals surface area contributed by atoms with E-state index < -0.39 is 42.3 Å². The lowest BCUT2D eigenvalue weighted by molar-refractivity contribution is -0.185. The summed E-state index contributed by atoms with van der Waals surface area (Å²) in [5.74, 6) is -0.920. The maximum atomic E-state index is 12.9. The molecule has 2 saturated heterocycles. The normalized spacial score (nSPS) is 25.9. The van der Waals surface area contributed by atoms with Gasteiger partial charge in [-0.05, 0) is 18.2 Å². The van der Waals surface area contributed by atoms with Gasteiger partial charge in [-0.2, -0.15) is 13.2 Å². The van der Waals surface area contributed by atoms with E-state index in [1.807, 2.05) is 9.80 Å². The number of carbonyl (C=O) groups is 1. The minimum Gasteiger partial charge on any atom is -0.476 e. The quantitative estimate of drug-likeness (QED) is 0.505. The molecule has 0 spiro atoms.